The van der Waals surface area contributed by atoms with E-state index in [2.05, 4.69) is 0 Å². The van der Waals surface area contributed by atoms with E-state index >= 15 is 0 Å². The van der Waals surface area contributed by atoms with E-state index in [1.165, 1.54) is 6.08 Å². The lowest BCUT2D eigenvalue weighted by molar-refractivity contribution is -0.114. The monoisotopic (exact) mass is 260 g/mol. The summed E-state index contributed by atoms with van der Waals surface area (Å²) in [5, 5.41) is 9.84. The van der Waals surface area contributed by atoms with Crippen molar-refractivity contribution in [1.82, 2.24) is 0 Å². The molecule has 0 radical (unpaired) electrons. The predicted octanol–water partition coefficient (Wildman–Crippen LogP) is 1.88. The van der Waals surface area contributed by atoms with Gasteiger partial charge in [-0.05, 0) is 36.6 Å². The van der Waals surface area contributed by atoms with Gasteiger partial charge in [-0.3, -0.25) is 4.79 Å². The third-order valence-corrected chi connectivity index (χ3v) is 3.05. The van der Waals surface area contributed by atoms with Crippen molar-refractivity contribution in [2.75, 3.05) is 6.61 Å². The first-order valence-corrected chi connectivity index (χ1v) is 6.30. The van der Waals surface area contributed by atoms with Crippen LogP contribution in [0.3, 0.4) is 0 Å². The van der Waals surface area contributed by atoms with Crippen molar-refractivity contribution in [3.63, 3.8) is 0 Å². The number of benzene rings is 1. The third-order valence-electron chi connectivity index (χ3n) is 3.05. The van der Waals surface area contributed by atoms with Gasteiger partial charge >= 0.3 is 5.97 Å². The minimum absolute atomic E-state index is 0.0256. The normalized spacial score (nSPS) is 19.5. The van der Waals surface area contributed by atoms with E-state index in [9.17, 15) is 14.7 Å². The van der Waals surface area contributed by atoms with Gasteiger partial charge in [-0.25, -0.2) is 4.79 Å². The Labute approximate surface area is 111 Å². The highest BCUT2D eigenvalue weighted by Crippen LogP contribution is 2.17. The van der Waals surface area contributed by atoms with Crippen molar-refractivity contribution >= 4 is 11.8 Å². The van der Waals surface area contributed by atoms with Gasteiger partial charge in [0.1, 0.15) is 6.61 Å². The minimum Gasteiger partial charge on any atom is -0.457 e. The molecule has 100 valence electrons. The van der Waals surface area contributed by atoms with Crippen molar-refractivity contribution in [2.45, 2.75) is 25.4 Å². The first-order valence-electron chi connectivity index (χ1n) is 6.30. The zero-order valence-electron chi connectivity index (χ0n) is 10.5. The summed E-state index contributed by atoms with van der Waals surface area (Å²) >= 11 is 0. The van der Waals surface area contributed by atoms with Gasteiger partial charge in [-0.1, -0.05) is 18.2 Å². The third kappa shape index (κ3) is 3.76. The molecule has 4 nitrogen and oxygen atoms in total. The summed E-state index contributed by atoms with van der Waals surface area (Å²) in [4.78, 5) is 23.2. The number of ketones is 1. The van der Waals surface area contributed by atoms with E-state index in [-0.39, 0.29) is 12.4 Å². The Hall–Kier alpha value is -1.94. The van der Waals surface area contributed by atoms with Crippen LogP contribution in [-0.4, -0.2) is 29.6 Å². The van der Waals surface area contributed by atoms with Crippen molar-refractivity contribution in [3.8, 4) is 0 Å². The Morgan fingerprint density at radius 1 is 1.32 bits per heavy atom. The van der Waals surface area contributed by atoms with Crippen LogP contribution in [0.15, 0.2) is 42.0 Å². The summed E-state index contributed by atoms with van der Waals surface area (Å²) in [5.41, 5.74) is 0.935. The Kier molecular flexibility index (Phi) is 4.47. The number of hydrogen-bond acceptors (Lipinski definition) is 4. The Morgan fingerprint density at radius 3 is 2.79 bits per heavy atom. The molecule has 1 aromatic rings. The molecule has 0 bridgehead atoms. The van der Waals surface area contributed by atoms with Crippen LogP contribution in [0.25, 0.3) is 0 Å². The maximum Gasteiger partial charge on any atom is 0.338 e. The molecule has 1 atom stereocenters. The van der Waals surface area contributed by atoms with Crippen molar-refractivity contribution in [1.29, 1.82) is 0 Å². The summed E-state index contributed by atoms with van der Waals surface area (Å²) in [7, 11) is 0. The first-order chi connectivity index (χ1) is 9.16. The number of carbonyl (C=O) groups excluding carboxylic acids is 2. The molecule has 0 saturated heterocycles. The van der Waals surface area contributed by atoms with E-state index in [4.69, 9.17) is 4.74 Å². The molecule has 19 heavy (non-hydrogen) atoms. The summed E-state index contributed by atoms with van der Waals surface area (Å²) < 4.78 is 5.12. The molecular weight excluding hydrogens is 244 g/mol. The van der Waals surface area contributed by atoms with Crippen LogP contribution < -0.4 is 0 Å². The van der Waals surface area contributed by atoms with E-state index in [0.717, 1.165) is 0 Å². The van der Waals surface area contributed by atoms with Gasteiger partial charge in [-0.15, -0.1) is 0 Å². The fourth-order valence-corrected chi connectivity index (χ4v) is 1.97. The highest BCUT2D eigenvalue weighted by atomic mass is 16.5. The number of allylic oxidation sites excluding steroid dienone is 1. The van der Waals surface area contributed by atoms with Gasteiger partial charge in [0.05, 0.1) is 11.7 Å². The van der Waals surface area contributed by atoms with Crippen LogP contribution >= 0.6 is 0 Å². The van der Waals surface area contributed by atoms with Crippen LogP contribution in [0.1, 0.15) is 29.6 Å². The lowest BCUT2D eigenvalue weighted by Gasteiger charge is -2.12. The number of ether oxygens (including phenoxy) is 1. The number of carbonyl (C=O) groups is 2. The van der Waals surface area contributed by atoms with Crippen LogP contribution in [0.4, 0.5) is 0 Å². The number of aliphatic hydroxyl groups is 1. The largest absolute Gasteiger partial charge is 0.457 e. The molecule has 0 spiro atoms. The molecule has 4 heteroatoms. The van der Waals surface area contributed by atoms with Gasteiger partial charge < -0.3 is 9.84 Å². The molecule has 0 fully saturated rings. The maximum atomic E-state index is 11.7. The first kappa shape index (κ1) is 13.5. The molecule has 1 N–H and O–H groups in total. The molecular formula is C15H16O4. The van der Waals surface area contributed by atoms with E-state index in [1.54, 1.807) is 24.3 Å². The fraction of sp³-hybridized carbons (Fsp3) is 0.333. The fourth-order valence-electron chi connectivity index (χ4n) is 1.97. The van der Waals surface area contributed by atoms with Crippen LogP contribution in [-0.2, 0) is 9.53 Å². The molecule has 0 aromatic heterocycles. The second-order valence-electron chi connectivity index (χ2n) is 4.54. The van der Waals surface area contributed by atoms with Gasteiger partial charge in [-0.2, -0.15) is 0 Å². The van der Waals surface area contributed by atoms with E-state index in [0.29, 0.717) is 30.4 Å². The smallest absolute Gasteiger partial charge is 0.338 e. The highest BCUT2D eigenvalue weighted by Gasteiger charge is 2.18. The van der Waals surface area contributed by atoms with Gasteiger partial charge in [0.25, 0.3) is 0 Å². The van der Waals surface area contributed by atoms with Crippen LogP contribution in [0.2, 0.25) is 0 Å². The zero-order valence-corrected chi connectivity index (χ0v) is 10.5. The minimum atomic E-state index is -0.699. The highest BCUT2D eigenvalue weighted by molar-refractivity contribution is 5.91. The summed E-state index contributed by atoms with van der Waals surface area (Å²) in [6.45, 7) is -0.0410. The summed E-state index contributed by atoms with van der Waals surface area (Å²) in [5.74, 6) is -0.479. The molecule has 0 amide bonds. The molecule has 2 rings (SSSR count). The summed E-state index contributed by atoms with van der Waals surface area (Å²) in [6.07, 6.45) is 2.32. The second-order valence-corrected chi connectivity index (χ2v) is 4.54. The zero-order chi connectivity index (χ0) is 13.7. The number of hydrogen-bond donors (Lipinski definition) is 1. The number of esters is 1. The average Bonchev–Trinajstić information content (AvgIpc) is 2.58. The number of aliphatic hydroxyl groups excluding tert-OH is 1. The van der Waals surface area contributed by atoms with Gasteiger partial charge in [0, 0.05) is 6.42 Å². The van der Waals surface area contributed by atoms with Gasteiger partial charge in [0.2, 0.25) is 0 Å². The average molecular weight is 260 g/mol. The second kappa shape index (κ2) is 6.29. The maximum absolute atomic E-state index is 11.7. The standard InChI is InChI=1S/C15H16O4/c16-13-7-4-8-14(17)12(9-13)10-19-15(18)11-5-2-1-3-6-11/h1-3,5-6,9,14,17H,4,7-8,10H2/t14-/m1/s1. The predicted molar refractivity (Wildman–Crippen MR) is 69.7 cm³/mol. The van der Waals surface area contributed by atoms with E-state index in [1.807, 2.05) is 6.07 Å². The quantitative estimate of drug-likeness (QED) is 0.843. The van der Waals surface area contributed by atoms with Gasteiger partial charge in [0.15, 0.2) is 5.78 Å². The van der Waals surface area contributed by atoms with E-state index < -0.39 is 12.1 Å². The molecule has 0 saturated carbocycles. The molecule has 1 aliphatic rings. The summed E-state index contributed by atoms with van der Waals surface area (Å²) in [6, 6.07) is 8.63. The topological polar surface area (TPSA) is 63.6 Å². The lowest BCUT2D eigenvalue weighted by Crippen LogP contribution is -2.17. The SMILES string of the molecule is O=C1C=C(COC(=O)c2ccccc2)[C@H](O)CCC1. The van der Waals surface area contributed by atoms with Crippen molar-refractivity contribution < 1.29 is 19.4 Å². The Balaban J connectivity index is 1.98. The molecule has 0 heterocycles. The van der Waals surface area contributed by atoms with Crippen molar-refractivity contribution in [2.24, 2.45) is 0 Å². The van der Waals surface area contributed by atoms with Crippen LogP contribution in [0, 0.1) is 0 Å². The Bertz CT molecular complexity index is 490. The molecule has 0 aliphatic heterocycles. The van der Waals surface area contributed by atoms with Crippen molar-refractivity contribution in [3.05, 3.63) is 47.5 Å². The molecule has 1 aromatic carbocycles. The lowest BCUT2D eigenvalue weighted by atomic mass is 10.1. The number of rotatable bonds is 3. The molecule has 0 unspecified atom stereocenters. The Morgan fingerprint density at radius 2 is 2.05 bits per heavy atom. The van der Waals surface area contributed by atoms with Crippen LogP contribution in [0.5, 0.6) is 0 Å². The molecule has 1 aliphatic carbocycles.